The van der Waals surface area contributed by atoms with Gasteiger partial charge in [0.05, 0.1) is 18.4 Å². The lowest BCUT2D eigenvalue weighted by molar-refractivity contribution is -0.141. The molecule has 2 amide bonds. The van der Waals surface area contributed by atoms with Crippen LogP contribution in [0.3, 0.4) is 0 Å². The molecule has 3 aromatic rings. The molecule has 0 saturated heterocycles. The van der Waals surface area contributed by atoms with Gasteiger partial charge in [-0.15, -0.1) is 0 Å². The van der Waals surface area contributed by atoms with Gasteiger partial charge in [-0.2, -0.15) is 18.3 Å². The fraction of sp³-hybridized carbons (Fsp3) is 0.105. The lowest BCUT2D eigenvalue weighted by Crippen LogP contribution is -2.41. The van der Waals surface area contributed by atoms with Crippen molar-refractivity contribution in [1.29, 1.82) is 0 Å². The second-order valence-corrected chi connectivity index (χ2v) is 5.80. The van der Waals surface area contributed by atoms with Crippen LogP contribution in [0.25, 0.3) is 5.69 Å². The number of para-hydroxylation sites is 1. The number of carbonyl (C=O) groups is 2. The number of nitrogens with one attached hydrogen (secondary N) is 2. The molecule has 0 aliphatic heterocycles. The molecule has 1 aromatic heterocycles. The third-order valence-electron chi connectivity index (χ3n) is 3.91. The Labute approximate surface area is 163 Å². The summed E-state index contributed by atoms with van der Waals surface area (Å²) in [5.74, 6) is -0.819. The van der Waals surface area contributed by atoms with E-state index in [1.54, 1.807) is 18.2 Å². The maximum atomic E-state index is 12.6. The summed E-state index contributed by atoms with van der Waals surface area (Å²) < 4.78 is 44.0. The summed E-state index contributed by atoms with van der Waals surface area (Å²) in [4.78, 5) is 24.4. The van der Waals surface area contributed by atoms with Crippen molar-refractivity contribution in [2.24, 2.45) is 0 Å². The third kappa shape index (κ3) is 4.54. The van der Waals surface area contributed by atoms with Crippen LogP contribution < -0.4 is 15.6 Å². The number of amides is 2. The van der Waals surface area contributed by atoms with Gasteiger partial charge in [-0.25, -0.2) is 4.68 Å². The van der Waals surface area contributed by atoms with Crippen LogP contribution in [-0.4, -0.2) is 28.7 Å². The first-order chi connectivity index (χ1) is 13.8. The second kappa shape index (κ2) is 8.05. The number of alkyl halides is 3. The number of ether oxygens (including phenoxy) is 1. The highest BCUT2D eigenvalue weighted by Gasteiger charge is 2.33. The molecular formula is C19H15F3N4O3. The Morgan fingerprint density at radius 1 is 0.966 bits per heavy atom. The van der Waals surface area contributed by atoms with Gasteiger partial charge in [0.15, 0.2) is 5.69 Å². The van der Waals surface area contributed by atoms with Gasteiger partial charge in [0.25, 0.3) is 11.8 Å². The van der Waals surface area contributed by atoms with Crippen molar-refractivity contribution in [3.63, 3.8) is 0 Å². The van der Waals surface area contributed by atoms with Crippen molar-refractivity contribution in [2.45, 2.75) is 6.18 Å². The van der Waals surface area contributed by atoms with E-state index >= 15 is 0 Å². The third-order valence-corrected chi connectivity index (χ3v) is 3.91. The Bertz CT molecular complexity index is 1030. The van der Waals surface area contributed by atoms with Gasteiger partial charge in [-0.05, 0) is 42.5 Å². The van der Waals surface area contributed by atoms with Gasteiger partial charge in [0.2, 0.25) is 0 Å². The molecule has 0 atom stereocenters. The van der Waals surface area contributed by atoms with Crippen LogP contribution >= 0.6 is 0 Å². The van der Waals surface area contributed by atoms with Crippen LogP contribution in [0.2, 0.25) is 0 Å². The summed E-state index contributed by atoms with van der Waals surface area (Å²) in [6.07, 6.45) is -3.36. The smallest absolute Gasteiger partial charge is 0.435 e. The molecule has 0 spiro atoms. The minimum Gasteiger partial charge on any atom is -0.496 e. The monoisotopic (exact) mass is 404 g/mol. The quantitative estimate of drug-likeness (QED) is 0.655. The van der Waals surface area contributed by atoms with E-state index < -0.39 is 23.7 Å². The molecule has 0 aliphatic carbocycles. The first-order valence-corrected chi connectivity index (χ1v) is 8.26. The van der Waals surface area contributed by atoms with Gasteiger partial charge in [0.1, 0.15) is 5.75 Å². The minimum atomic E-state index is -4.54. The molecule has 10 heteroatoms. The number of nitrogens with zero attached hydrogens (tertiary/aromatic N) is 2. The van der Waals surface area contributed by atoms with Crippen molar-refractivity contribution < 1.29 is 27.5 Å². The highest BCUT2D eigenvalue weighted by atomic mass is 19.4. The molecule has 0 fully saturated rings. The number of benzene rings is 2. The van der Waals surface area contributed by atoms with Crippen LogP contribution in [0, 0.1) is 0 Å². The van der Waals surface area contributed by atoms with Crippen LogP contribution in [-0.2, 0) is 6.18 Å². The number of halogens is 3. The SMILES string of the molecule is COc1ccccc1C(=O)NNC(=O)c1ccc(-n2ccc(C(F)(F)F)n2)cc1. The van der Waals surface area contributed by atoms with Crippen LogP contribution in [0.5, 0.6) is 5.75 Å². The standard InChI is InChI=1S/C19H15F3N4O3/c1-29-15-5-3-2-4-14(15)18(28)24-23-17(27)12-6-8-13(9-7-12)26-11-10-16(25-26)19(20,21)22/h2-11H,1H3,(H,23,27)(H,24,28). The fourth-order valence-electron chi connectivity index (χ4n) is 2.47. The molecule has 2 aromatic carbocycles. The van der Waals surface area contributed by atoms with Gasteiger partial charge in [-0.1, -0.05) is 12.1 Å². The van der Waals surface area contributed by atoms with E-state index in [1.807, 2.05) is 0 Å². The number of methoxy groups -OCH3 is 1. The number of hydrazine groups is 1. The summed E-state index contributed by atoms with van der Waals surface area (Å²) >= 11 is 0. The maximum Gasteiger partial charge on any atom is 0.435 e. The highest BCUT2D eigenvalue weighted by Crippen LogP contribution is 2.27. The first kappa shape index (κ1) is 19.9. The number of carbonyl (C=O) groups excluding carboxylic acids is 2. The Morgan fingerprint density at radius 2 is 1.62 bits per heavy atom. The zero-order valence-electron chi connectivity index (χ0n) is 15.0. The summed E-state index contributed by atoms with van der Waals surface area (Å²) in [5, 5.41) is 3.46. The average Bonchev–Trinajstić information content (AvgIpc) is 3.22. The summed E-state index contributed by atoms with van der Waals surface area (Å²) in [6.45, 7) is 0. The molecule has 0 aliphatic rings. The Morgan fingerprint density at radius 3 is 2.24 bits per heavy atom. The van der Waals surface area contributed by atoms with Crippen LogP contribution in [0.1, 0.15) is 26.4 Å². The molecule has 0 bridgehead atoms. The topological polar surface area (TPSA) is 85.3 Å². The zero-order chi connectivity index (χ0) is 21.0. The van der Waals surface area contributed by atoms with Crippen LogP contribution in [0.4, 0.5) is 13.2 Å². The van der Waals surface area contributed by atoms with E-state index in [-0.39, 0.29) is 11.1 Å². The Balaban J connectivity index is 1.65. The molecule has 0 saturated carbocycles. The molecule has 3 rings (SSSR count). The predicted octanol–water partition coefficient (Wildman–Crippen LogP) is 2.97. The Hall–Kier alpha value is -3.82. The molecule has 0 radical (unpaired) electrons. The molecule has 2 N–H and O–H groups in total. The number of hydrogen-bond donors (Lipinski definition) is 2. The largest absolute Gasteiger partial charge is 0.496 e. The molecule has 1 heterocycles. The van der Waals surface area contributed by atoms with Crippen LogP contribution in [0.15, 0.2) is 60.8 Å². The lowest BCUT2D eigenvalue weighted by Gasteiger charge is -2.10. The summed E-state index contributed by atoms with van der Waals surface area (Å²) in [5.41, 5.74) is 4.30. The lowest BCUT2D eigenvalue weighted by atomic mass is 10.2. The molecule has 29 heavy (non-hydrogen) atoms. The van der Waals surface area contributed by atoms with Crippen molar-refractivity contribution in [3.8, 4) is 11.4 Å². The van der Waals surface area contributed by atoms with E-state index in [0.29, 0.717) is 11.4 Å². The number of aromatic nitrogens is 2. The van der Waals surface area contributed by atoms with Gasteiger partial charge in [-0.3, -0.25) is 20.4 Å². The Kier molecular flexibility index (Phi) is 5.53. The predicted molar refractivity (Wildman–Crippen MR) is 96.5 cm³/mol. The second-order valence-electron chi connectivity index (χ2n) is 5.80. The first-order valence-electron chi connectivity index (χ1n) is 8.26. The van der Waals surface area contributed by atoms with E-state index in [9.17, 15) is 22.8 Å². The van der Waals surface area contributed by atoms with E-state index in [1.165, 1.54) is 43.6 Å². The van der Waals surface area contributed by atoms with Gasteiger partial charge >= 0.3 is 6.18 Å². The maximum absolute atomic E-state index is 12.6. The molecule has 7 nitrogen and oxygen atoms in total. The molecule has 150 valence electrons. The zero-order valence-corrected chi connectivity index (χ0v) is 15.0. The van der Waals surface area contributed by atoms with Crippen molar-refractivity contribution >= 4 is 11.8 Å². The van der Waals surface area contributed by atoms with Crippen molar-refractivity contribution in [1.82, 2.24) is 20.6 Å². The van der Waals surface area contributed by atoms with E-state index in [0.717, 1.165) is 10.7 Å². The molecular weight excluding hydrogens is 389 g/mol. The highest BCUT2D eigenvalue weighted by molar-refractivity contribution is 6.00. The van der Waals surface area contributed by atoms with Gasteiger partial charge < -0.3 is 4.74 Å². The number of rotatable bonds is 4. The fourth-order valence-corrected chi connectivity index (χ4v) is 2.47. The van der Waals surface area contributed by atoms with E-state index in [2.05, 4.69) is 16.0 Å². The molecule has 0 unspecified atom stereocenters. The number of hydrogen-bond acceptors (Lipinski definition) is 4. The van der Waals surface area contributed by atoms with E-state index in [4.69, 9.17) is 4.74 Å². The van der Waals surface area contributed by atoms with Crippen molar-refractivity contribution in [3.05, 3.63) is 77.6 Å². The summed E-state index contributed by atoms with van der Waals surface area (Å²) in [6, 6.07) is 13.0. The van der Waals surface area contributed by atoms with Gasteiger partial charge in [0, 0.05) is 11.8 Å². The normalized spacial score (nSPS) is 11.0. The van der Waals surface area contributed by atoms with Crippen molar-refractivity contribution in [2.75, 3.05) is 7.11 Å². The average molecular weight is 404 g/mol. The minimum absolute atomic E-state index is 0.192. The summed E-state index contributed by atoms with van der Waals surface area (Å²) in [7, 11) is 1.42.